The Morgan fingerprint density at radius 2 is 1.43 bits per heavy atom. The monoisotopic (exact) mass is 645 g/mol. The zero-order valence-electron chi connectivity index (χ0n) is 27.6. The topological polar surface area (TPSA) is 120 Å². The molecule has 0 saturated heterocycles. The van der Waals surface area contributed by atoms with Crippen LogP contribution in [0.25, 0.3) is 0 Å². The lowest BCUT2D eigenvalue weighted by Crippen LogP contribution is -2.52. The van der Waals surface area contributed by atoms with Crippen LogP contribution < -0.4 is 5.32 Å². The second kappa shape index (κ2) is 19.1. The number of ether oxygens (including phenoxy) is 2. The Kier molecular flexibility index (Phi) is 17.6. The number of esters is 2. The van der Waals surface area contributed by atoms with Crippen molar-refractivity contribution in [3.8, 4) is 0 Å². The maximum absolute atomic E-state index is 12.5. The molecule has 1 aliphatic rings. The Morgan fingerprint density at radius 3 is 2.02 bits per heavy atom. The predicted molar refractivity (Wildman–Crippen MR) is 174 cm³/mol. The molecule has 2 N–H and O–H groups in total. The average molecular weight is 646 g/mol. The van der Waals surface area contributed by atoms with Crippen LogP contribution in [0.15, 0.2) is 12.2 Å². The Bertz CT molecular complexity index is 840. The summed E-state index contributed by atoms with van der Waals surface area (Å²) in [5, 5.41) is 13.2. The molecule has 1 fully saturated rings. The van der Waals surface area contributed by atoms with E-state index in [1.165, 1.54) is 13.2 Å². The first kappa shape index (κ1) is 38.7. The number of aliphatic hydroxyl groups is 1. The fraction of sp³-hybridized carbons (Fsp3) is 0.833. The van der Waals surface area contributed by atoms with E-state index in [1.54, 1.807) is 0 Å². The third-order valence-electron chi connectivity index (χ3n) is 7.11. The molecule has 244 valence electrons. The van der Waals surface area contributed by atoms with Crippen LogP contribution in [0, 0.1) is 5.92 Å². The number of aliphatic hydroxyl groups excluding tert-OH is 1. The quantitative estimate of drug-likeness (QED) is 0.0696. The van der Waals surface area contributed by atoms with Crippen molar-refractivity contribution < 1.29 is 37.2 Å². The van der Waals surface area contributed by atoms with Gasteiger partial charge in [0.1, 0.15) is 6.10 Å². The molecule has 0 radical (unpaired) electrons. The van der Waals surface area contributed by atoms with E-state index in [4.69, 9.17) is 13.0 Å². The summed E-state index contributed by atoms with van der Waals surface area (Å²) in [5.41, 5.74) is 0. The molecule has 9 nitrogen and oxygen atoms in total. The standard InChI is InChI=1S/C30H59NO8Si3/c1-36-29(34)21-20-28(33)31-22-14-12-10-9-11-13-17-30(35)37-27-24-25(18-19-26(27)32)16-15-23-42(8,38-40(2,3)4)39-41(5,6)7/h20-21,25-27,32H,9-19,22-24H2,1-8H3,(H,31,33). The average Bonchev–Trinajstić information content (AvgIpc) is 2.85. The lowest BCUT2D eigenvalue weighted by atomic mass is 9.83. The van der Waals surface area contributed by atoms with Gasteiger partial charge in [-0.3, -0.25) is 9.59 Å². The van der Waals surface area contributed by atoms with E-state index in [1.807, 2.05) is 0 Å². The SMILES string of the molecule is COC(=O)C=CC(=O)NCCCCCCCCC(=O)OC1CC(CCC[Si](C)(O[Si](C)(C)C)O[Si](C)(C)C)CCC1O. The summed E-state index contributed by atoms with van der Waals surface area (Å²) in [6, 6.07) is 0.980. The van der Waals surface area contributed by atoms with Crippen molar-refractivity contribution in [3.63, 3.8) is 0 Å². The first-order valence-electron chi connectivity index (χ1n) is 15.8. The number of amides is 1. The van der Waals surface area contributed by atoms with Crippen molar-refractivity contribution in [3.05, 3.63) is 12.2 Å². The van der Waals surface area contributed by atoms with Crippen LogP contribution in [0.3, 0.4) is 0 Å². The molecule has 1 amide bonds. The van der Waals surface area contributed by atoms with Gasteiger partial charge >= 0.3 is 20.5 Å². The van der Waals surface area contributed by atoms with E-state index in [-0.39, 0.29) is 11.9 Å². The van der Waals surface area contributed by atoms with Gasteiger partial charge < -0.3 is 28.1 Å². The van der Waals surface area contributed by atoms with Gasteiger partial charge in [-0.2, -0.15) is 0 Å². The van der Waals surface area contributed by atoms with Gasteiger partial charge in [-0.05, 0) is 89.9 Å². The molecule has 0 aromatic carbocycles. The highest BCUT2D eigenvalue weighted by Crippen LogP contribution is 2.33. The highest BCUT2D eigenvalue weighted by molar-refractivity contribution is 6.87. The highest BCUT2D eigenvalue weighted by Gasteiger charge is 2.40. The summed E-state index contributed by atoms with van der Waals surface area (Å²) < 4.78 is 23.5. The van der Waals surface area contributed by atoms with Crippen LogP contribution >= 0.6 is 0 Å². The van der Waals surface area contributed by atoms with Crippen LogP contribution in [0.1, 0.15) is 77.0 Å². The predicted octanol–water partition coefficient (Wildman–Crippen LogP) is 6.19. The van der Waals surface area contributed by atoms with Gasteiger partial charge in [0.2, 0.25) is 5.91 Å². The number of hydrogen-bond donors (Lipinski definition) is 2. The number of hydrogen-bond acceptors (Lipinski definition) is 8. The van der Waals surface area contributed by atoms with Crippen LogP contribution in [0.4, 0.5) is 0 Å². The third kappa shape index (κ3) is 19.1. The Hall–Kier alpha value is -1.32. The maximum atomic E-state index is 12.5. The molecule has 1 aliphatic carbocycles. The van der Waals surface area contributed by atoms with Gasteiger partial charge in [0.05, 0.1) is 13.2 Å². The van der Waals surface area contributed by atoms with Gasteiger partial charge in [-0.15, -0.1) is 0 Å². The minimum Gasteiger partial charge on any atom is -0.466 e. The van der Waals surface area contributed by atoms with Crippen molar-refractivity contribution >= 4 is 43.0 Å². The second-order valence-corrected chi connectivity index (χ2v) is 26.6. The summed E-state index contributed by atoms with van der Waals surface area (Å²) in [6.45, 7) is 16.2. The Labute approximate surface area is 258 Å². The molecule has 0 spiro atoms. The van der Waals surface area contributed by atoms with Crippen LogP contribution in [0.5, 0.6) is 0 Å². The van der Waals surface area contributed by atoms with E-state index < -0.39 is 43.4 Å². The van der Waals surface area contributed by atoms with Crippen LogP contribution in [-0.2, 0) is 32.1 Å². The number of nitrogens with one attached hydrogen (secondary N) is 1. The van der Waals surface area contributed by atoms with E-state index in [0.29, 0.717) is 25.3 Å². The minimum absolute atomic E-state index is 0.213. The number of carbonyl (C=O) groups excluding carboxylic acids is 3. The summed E-state index contributed by atoms with van der Waals surface area (Å²) >= 11 is 0. The lowest BCUT2D eigenvalue weighted by molar-refractivity contribution is -0.159. The molecule has 1 rings (SSSR count). The third-order valence-corrected chi connectivity index (χ3v) is 16.7. The van der Waals surface area contributed by atoms with Crippen molar-refractivity contribution in [2.75, 3.05) is 13.7 Å². The number of rotatable bonds is 20. The van der Waals surface area contributed by atoms with E-state index >= 15 is 0 Å². The van der Waals surface area contributed by atoms with Gasteiger partial charge in [0.25, 0.3) is 0 Å². The molecule has 3 atom stereocenters. The molecular weight excluding hydrogens is 587 g/mol. The smallest absolute Gasteiger partial charge is 0.330 e. The number of methoxy groups -OCH3 is 1. The zero-order valence-corrected chi connectivity index (χ0v) is 30.6. The Morgan fingerprint density at radius 1 is 0.833 bits per heavy atom. The largest absolute Gasteiger partial charge is 0.466 e. The normalized spacial score (nSPS) is 20.0. The molecule has 0 bridgehead atoms. The molecule has 0 aliphatic heterocycles. The molecule has 12 heteroatoms. The molecule has 1 saturated carbocycles. The highest BCUT2D eigenvalue weighted by atomic mass is 28.5. The summed E-state index contributed by atoms with van der Waals surface area (Å²) in [4.78, 5) is 35.1. The Balaban J connectivity index is 2.28. The van der Waals surface area contributed by atoms with Crippen LogP contribution in [-0.4, -0.2) is 74.0 Å². The van der Waals surface area contributed by atoms with Crippen LogP contribution in [0.2, 0.25) is 51.9 Å². The molecule has 3 unspecified atom stereocenters. The van der Waals surface area contributed by atoms with E-state index in [0.717, 1.165) is 76.3 Å². The fourth-order valence-corrected chi connectivity index (χ4v) is 18.1. The van der Waals surface area contributed by atoms with Crippen molar-refractivity contribution in [2.24, 2.45) is 5.92 Å². The van der Waals surface area contributed by atoms with Gasteiger partial charge in [0, 0.05) is 25.1 Å². The number of carbonyl (C=O) groups is 3. The van der Waals surface area contributed by atoms with E-state index in [9.17, 15) is 19.5 Å². The molecule has 0 heterocycles. The van der Waals surface area contributed by atoms with Gasteiger partial charge in [-0.25, -0.2) is 4.79 Å². The lowest BCUT2D eigenvalue weighted by Gasteiger charge is -2.39. The molecule has 42 heavy (non-hydrogen) atoms. The van der Waals surface area contributed by atoms with Gasteiger partial charge in [-0.1, -0.05) is 38.5 Å². The first-order valence-corrected chi connectivity index (χ1v) is 25.2. The second-order valence-electron chi connectivity index (χ2n) is 13.7. The van der Waals surface area contributed by atoms with Crippen molar-refractivity contribution in [2.45, 2.75) is 141 Å². The van der Waals surface area contributed by atoms with E-state index in [2.05, 4.69) is 55.9 Å². The maximum Gasteiger partial charge on any atom is 0.330 e. The van der Waals surface area contributed by atoms with Gasteiger partial charge in [0.15, 0.2) is 16.6 Å². The first-order chi connectivity index (χ1) is 19.5. The zero-order chi connectivity index (χ0) is 31.8. The summed E-state index contributed by atoms with van der Waals surface area (Å²) in [5.74, 6) is -0.636. The molecule has 0 aromatic heterocycles. The van der Waals surface area contributed by atoms with Crippen molar-refractivity contribution in [1.82, 2.24) is 5.32 Å². The minimum atomic E-state index is -2.25. The molecular formula is C30H59NO8Si3. The van der Waals surface area contributed by atoms with Crippen molar-refractivity contribution in [1.29, 1.82) is 0 Å². The summed E-state index contributed by atoms with van der Waals surface area (Å²) in [7, 11) is -4.42. The summed E-state index contributed by atoms with van der Waals surface area (Å²) in [6.07, 6.45) is 11.7. The fourth-order valence-electron chi connectivity index (χ4n) is 5.53. The number of unbranched alkanes of at least 4 members (excludes halogenated alkanes) is 5. The molecule has 0 aromatic rings.